The number of nitrogens with one attached hydrogen (secondary N) is 1. The highest BCUT2D eigenvalue weighted by Crippen LogP contribution is 2.30. The lowest BCUT2D eigenvalue weighted by atomic mass is 10.2. The molecular weight excluding hydrogens is 413 g/mol. The summed E-state index contributed by atoms with van der Waals surface area (Å²) in [6.07, 6.45) is 0. The van der Waals surface area contributed by atoms with Crippen molar-refractivity contribution in [1.82, 2.24) is 0 Å². The highest BCUT2D eigenvalue weighted by atomic mass is 35.5. The number of amides is 1. The van der Waals surface area contributed by atoms with Gasteiger partial charge >= 0.3 is 5.97 Å². The molecule has 0 saturated carbocycles. The molecule has 0 atom stereocenters. The lowest BCUT2D eigenvalue weighted by Gasteiger charge is -2.10. The maximum Gasteiger partial charge on any atom is 0.316 e. The molecule has 0 unspecified atom stereocenters. The van der Waals surface area contributed by atoms with Crippen LogP contribution in [0, 0.1) is 0 Å². The molecule has 2 aromatic carbocycles. The van der Waals surface area contributed by atoms with Crippen molar-refractivity contribution in [2.45, 2.75) is 4.90 Å². The van der Waals surface area contributed by atoms with Gasteiger partial charge in [-0.2, -0.15) is 0 Å². The van der Waals surface area contributed by atoms with Crippen molar-refractivity contribution in [2.75, 3.05) is 31.9 Å². The fourth-order valence-electron chi connectivity index (χ4n) is 1.99. The van der Waals surface area contributed by atoms with Crippen LogP contribution in [0.1, 0.15) is 0 Å². The zero-order valence-electron chi connectivity index (χ0n) is 14.6. The Labute approximate surface area is 171 Å². The highest BCUT2D eigenvalue weighted by molar-refractivity contribution is 8.00. The van der Waals surface area contributed by atoms with Gasteiger partial charge in [-0.25, -0.2) is 0 Å². The van der Waals surface area contributed by atoms with E-state index >= 15 is 0 Å². The van der Waals surface area contributed by atoms with Crippen molar-refractivity contribution >= 4 is 52.5 Å². The average molecular weight is 430 g/mol. The molecule has 0 aliphatic carbocycles. The van der Waals surface area contributed by atoms with Crippen molar-refractivity contribution in [1.29, 1.82) is 0 Å². The Hall–Kier alpha value is -2.09. The largest absolute Gasteiger partial charge is 0.497 e. The number of esters is 1. The molecule has 0 radical (unpaired) electrons. The fraction of sp³-hybridized carbons (Fsp3) is 0.222. The summed E-state index contributed by atoms with van der Waals surface area (Å²) in [4.78, 5) is 24.5. The molecule has 9 heteroatoms. The number of carbonyl (C=O) groups excluding carboxylic acids is 2. The Morgan fingerprint density at radius 1 is 1.04 bits per heavy atom. The van der Waals surface area contributed by atoms with Crippen LogP contribution >= 0.6 is 35.0 Å². The van der Waals surface area contributed by atoms with Crippen LogP contribution in [-0.4, -0.2) is 38.5 Å². The maximum atomic E-state index is 12.0. The Bertz CT molecular complexity index is 809. The van der Waals surface area contributed by atoms with E-state index in [0.717, 1.165) is 0 Å². The van der Waals surface area contributed by atoms with Crippen LogP contribution in [-0.2, 0) is 14.3 Å². The van der Waals surface area contributed by atoms with Crippen LogP contribution in [0.15, 0.2) is 41.3 Å². The van der Waals surface area contributed by atoms with Gasteiger partial charge in [0.15, 0.2) is 6.61 Å². The summed E-state index contributed by atoms with van der Waals surface area (Å²) in [5, 5.41) is 3.62. The van der Waals surface area contributed by atoms with Crippen LogP contribution in [0.2, 0.25) is 10.0 Å². The maximum absolute atomic E-state index is 12.0. The molecule has 0 fully saturated rings. The number of anilines is 1. The summed E-state index contributed by atoms with van der Waals surface area (Å²) in [6, 6.07) is 9.88. The van der Waals surface area contributed by atoms with Gasteiger partial charge in [0.25, 0.3) is 5.91 Å². The van der Waals surface area contributed by atoms with Gasteiger partial charge in [-0.3, -0.25) is 9.59 Å². The van der Waals surface area contributed by atoms with E-state index in [1.807, 2.05) is 0 Å². The molecule has 1 N–H and O–H groups in total. The molecule has 2 aromatic rings. The number of carbonyl (C=O) groups is 2. The number of hydrogen-bond donors (Lipinski definition) is 1. The SMILES string of the molecule is COc1cc(NC(=O)COC(=O)CSc2cc(Cl)ccc2Cl)cc(OC)c1. The van der Waals surface area contributed by atoms with Gasteiger partial charge in [0.2, 0.25) is 0 Å². The van der Waals surface area contributed by atoms with Crippen molar-refractivity contribution in [3.63, 3.8) is 0 Å². The van der Waals surface area contributed by atoms with Gasteiger partial charge in [-0.15, -0.1) is 11.8 Å². The molecule has 1 amide bonds. The van der Waals surface area contributed by atoms with E-state index in [1.54, 1.807) is 36.4 Å². The Morgan fingerprint density at radius 2 is 1.70 bits per heavy atom. The predicted octanol–water partition coefficient (Wildman–Crippen LogP) is 4.28. The van der Waals surface area contributed by atoms with E-state index in [4.69, 9.17) is 37.4 Å². The molecule has 6 nitrogen and oxygen atoms in total. The molecular formula is C18H17Cl2NO5S. The van der Waals surface area contributed by atoms with Gasteiger partial charge in [0, 0.05) is 33.8 Å². The van der Waals surface area contributed by atoms with Gasteiger partial charge in [0.1, 0.15) is 11.5 Å². The minimum atomic E-state index is -0.547. The van der Waals surface area contributed by atoms with E-state index in [1.165, 1.54) is 26.0 Å². The molecule has 0 aliphatic heterocycles. The lowest BCUT2D eigenvalue weighted by Crippen LogP contribution is -2.21. The third-order valence-electron chi connectivity index (χ3n) is 3.24. The molecule has 27 heavy (non-hydrogen) atoms. The number of methoxy groups -OCH3 is 2. The zero-order valence-corrected chi connectivity index (χ0v) is 16.9. The molecule has 2 rings (SSSR count). The lowest BCUT2D eigenvalue weighted by molar-refractivity contribution is -0.144. The molecule has 0 spiro atoms. The number of rotatable bonds is 8. The van der Waals surface area contributed by atoms with Crippen molar-refractivity contribution in [3.8, 4) is 11.5 Å². The summed E-state index contributed by atoms with van der Waals surface area (Å²) in [6.45, 7) is -0.414. The zero-order chi connectivity index (χ0) is 19.8. The molecule has 0 aromatic heterocycles. The number of hydrogen-bond acceptors (Lipinski definition) is 6. The number of thioether (sulfide) groups is 1. The quantitative estimate of drug-likeness (QED) is 0.498. The third-order valence-corrected chi connectivity index (χ3v) is 4.94. The van der Waals surface area contributed by atoms with Gasteiger partial charge in [-0.1, -0.05) is 23.2 Å². The standard InChI is InChI=1S/C18H17Cl2NO5S/c1-24-13-6-12(7-14(8-13)25-2)21-17(22)9-26-18(23)10-27-16-5-11(19)3-4-15(16)20/h3-8H,9-10H2,1-2H3,(H,21,22). The van der Waals surface area contributed by atoms with Crippen molar-refractivity contribution in [3.05, 3.63) is 46.4 Å². The second-order valence-corrected chi connectivity index (χ2v) is 7.03. The Balaban J connectivity index is 1.83. The van der Waals surface area contributed by atoms with Gasteiger partial charge in [0.05, 0.1) is 25.0 Å². The molecule has 144 valence electrons. The molecule has 0 aliphatic rings. The van der Waals surface area contributed by atoms with Crippen LogP contribution in [0.5, 0.6) is 11.5 Å². The van der Waals surface area contributed by atoms with Crippen molar-refractivity contribution < 1.29 is 23.8 Å². The molecule has 0 bridgehead atoms. The first-order valence-electron chi connectivity index (χ1n) is 7.67. The first-order chi connectivity index (χ1) is 12.9. The van der Waals surface area contributed by atoms with E-state index in [2.05, 4.69) is 5.32 Å². The summed E-state index contributed by atoms with van der Waals surface area (Å²) in [5.74, 6) is 0.0205. The monoisotopic (exact) mass is 429 g/mol. The molecule has 0 saturated heterocycles. The van der Waals surface area contributed by atoms with Gasteiger partial charge < -0.3 is 19.5 Å². The van der Waals surface area contributed by atoms with Crippen LogP contribution in [0.3, 0.4) is 0 Å². The number of benzene rings is 2. The summed E-state index contributed by atoms with van der Waals surface area (Å²) < 4.78 is 15.2. The second kappa shape index (κ2) is 10.3. The fourth-order valence-corrected chi connectivity index (χ4v) is 3.28. The predicted molar refractivity (Wildman–Crippen MR) is 106 cm³/mol. The summed E-state index contributed by atoms with van der Waals surface area (Å²) in [5.41, 5.74) is 0.465. The van der Waals surface area contributed by atoms with E-state index < -0.39 is 18.5 Å². The van der Waals surface area contributed by atoms with Gasteiger partial charge in [-0.05, 0) is 18.2 Å². The van der Waals surface area contributed by atoms with Crippen LogP contribution in [0.25, 0.3) is 0 Å². The Kier molecular flexibility index (Phi) is 8.09. The second-order valence-electron chi connectivity index (χ2n) is 5.17. The smallest absolute Gasteiger partial charge is 0.316 e. The minimum Gasteiger partial charge on any atom is -0.497 e. The first kappa shape index (κ1) is 21.2. The van der Waals surface area contributed by atoms with E-state index in [9.17, 15) is 9.59 Å². The topological polar surface area (TPSA) is 73.9 Å². The third kappa shape index (κ3) is 6.86. The summed E-state index contributed by atoms with van der Waals surface area (Å²) >= 11 is 13.1. The highest BCUT2D eigenvalue weighted by Gasteiger charge is 2.11. The average Bonchev–Trinajstić information content (AvgIpc) is 2.66. The van der Waals surface area contributed by atoms with E-state index in [0.29, 0.717) is 32.1 Å². The number of halogens is 2. The molecule has 0 heterocycles. The minimum absolute atomic E-state index is 0.000322. The van der Waals surface area contributed by atoms with E-state index in [-0.39, 0.29) is 5.75 Å². The Morgan fingerprint density at radius 3 is 2.33 bits per heavy atom. The van der Waals surface area contributed by atoms with Crippen LogP contribution < -0.4 is 14.8 Å². The first-order valence-corrected chi connectivity index (χ1v) is 9.42. The van der Waals surface area contributed by atoms with Crippen LogP contribution in [0.4, 0.5) is 5.69 Å². The summed E-state index contributed by atoms with van der Waals surface area (Å²) in [7, 11) is 3.01. The van der Waals surface area contributed by atoms with Crippen molar-refractivity contribution in [2.24, 2.45) is 0 Å². The number of ether oxygens (including phenoxy) is 3. The normalized spacial score (nSPS) is 10.2.